The summed E-state index contributed by atoms with van der Waals surface area (Å²) >= 11 is 0. The van der Waals surface area contributed by atoms with E-state index in [0.29, 0.717) is 47.4 Å². The van der Waals surface area contributed by atoms with E-state index in [9.17, 15) is 4.79 Å². The smallest absolute Gasteiger partial charge is 0.254 e. The molecule has 3 saturated carbocycles. The Morgan fingerprint density at radius 3 is 2.63 bits per heavy atom. The van der Waals surface area contributed by atoms with Crippen molar-refractivity contribution in [1.82, 2.24) is 24.0 Å². The molecule has 9 heteroatoms. The van der Waals surface area contributed by atoms with Crippen molar-refractivity contribution in [3.8, 4) is 11.5 Å². The molecule has 2 bridgehead atoms. The van der Waals surface area contributed by atoms with Crippen LogP contribution in [0, 0.1) is 23.6 Å². The van der Waals surface area contributed by atoms with E-state index in [4.69, 9.17) is 20.4 Å². The van der Waals surface area contributed by atoms with Crippen LogP contribution in [0.15, 0.2) is 36.5 Å². The predicted molar refractivity (Wildman–Crippen MR) is 155 cm³/mol. The number of carbonyl (C=O) groups excluding carboxylic acids is 1. The average Bonchev–Trinajstić information content (AvgIpc) is 3.31. The van der Waals surface area contributed by atoms with Crippen molar-refractivity contribution in [3.05, 3.63) is 47.9 Å². The second-order valence-electron chi connectivity index (χ2n) is 13.2. The summed E-state index contributed by atoms with van der Waals surface area (Å²) in [6, 6.07) is 9.40. The van der Waals surface area contributed by atoms with Gasteiger partial charge in [-0.3, -0.25) is 4.79 Å². The molecule has 3 aromatic heterocycles. The molecule has 8 nitrogen and oxygen atoms in total. The van der Waals surface area contributed by atoms with Gasteiger partial charge in [0.1, 0.15) is 17.0 Å². The van der Waals surface area contributed by atoms with E-state index in [1.807, 2.05) is 21.7 Å². The van der Waals surface area contributed by atoms with Crippen LogP contribution in [-0.2, 0) is 17.8 Å². The van der Waals surface area contributed by atoms with E-state index in [-0.39, 0.29) is 23.6 Å². The van der Waals surface area contributed by atoms with Gasteiger partial charge < -0.3 is 24.5 Å². The third kappa shape index (κ3) is 4.03. The van der Waals surface area contributed by atoms with Gasteiger partial charge in [-0.1, -0.05) is 0 Å². The van der Waals surface area contributed by atoms with E-state index in [2.05, 4.69) is 23.6 Å². The second kappa shape index (κ2) is 9.10. The van der Waals surface area contributed by atoms with Crippen LogP contribution in [0.2, 0.25) is 0 Å². The summed E-state index contributed by atoms with van der Waals surface area (Å²) in [5.41, 5.74) is 9.44. The van der Waals surface area contributed by atoms with Crippen molar-refractivity contribution in [2.75, 3.05) is 13.7 Å². The number of aromatic nitrogens is 4. The molecule has 0 spiro atoms. The largest absolute Gasteiger partial charge is 0.379 e. The van der Waals surface area contributed by atoms with Gasteiger partial charge in [-0.15, -0.1) is 0 Å². The van der Waals surface area contributed by atoms with Crippen LogP contribution in [0.4, 0.5) is 4.39 Å². The minimum atomic E-state index is -0.407. The SMILES string of the molecule is COC1(C)CC(Cn2c(-c3cc4cccnc4n3CC3CC3)nc3cc(C(=O)N4C[C@H]5CC[C@@H]4C5N)cc(F)c32)C1. The Hall–Kier alpha value is -3.30. The number of likely N-dealkylation sites (tertiary alicyclic amines) is 1. The van der Waals surface area contributed by atoms with Gasteiger partial charge in [0.15, 0.2) is 5.82 Å². The van der Waals surface area contributed by atoms with E-state index in [0.717, 1.165) is 54.8 Å². The summed E-state index contributed by atoms with van der Waals surface area (Å²) in [5.74, 6) is 1.49. The van der Waals surface area contributed by atoms with Crippen LogP contribution in [0.25, 0.3) is 33.6 Å². The summed E-state index contributed by atoms with van der Waals surface area (Å²) in [5, 5.41) is 1.05. The molecule has 41 heavy (non-hydrogen) atoms. The number of hydrogen-bond acceptors (Lipinski definition) is 5. The molecule has 1 saturated heterocycles. The maximum absolute atomic E-state index is 16.2. The first-order chi connectivity index (χ1) is 19.8. The van der Waals surface area contributed by atoms with E-state index >= 15 is 4.39 Å². The van der Waals surface area contributed by atoms with Crippen molar-refractivity contribution in [1.29, 1.82) is 0 Å². The van der Waals surface area contributed by atoms with Crippen LogP contribution in [0.3, 0.4) is 0 Å². The molecule has 1 amide bonds. The number of imidazole rings is 1. The fraction of sp³-hybridized carbons (Fsp3) is 0.531. The Morgan fingerprint density at radius 2 is 1.93 bits per heavy atom. The lowest BCUT2D eigenvalue weighted by Gasteiger charge is -2.44. The Bertz CT molecular complexity index is 1680. The zero-order valence-corrected chi connectivity index (χ0v) is 23.7. The number of piperidine rings is 1. The van der Waals surface area contributed by atoms with Crippen LogP contribution in [0.5, 0.6) is 0 Å². The molecule has 1 aliphatic heterocycles. The summed E-state index contributed by atoms with van der Waals surface area (Å²) in [4.78, 5) is 25.3. The number of hydrogen-bond donors (Lipinski definition) is 1. The Kier molecular flexibility index (Phi) is 5.64. The van der Waals surface area contributed by atoms with Gasteiger partial charge in [-0.25, -0.2) is 14.4 Å². The number of methoxy groups -OCH3 is 1. The third-order valence-electron chi connectivity index (χ3n) is 10.4. The van der Waals surface area contributed by atoms with Crippen molar-refractivity contribution in [2.45, 2.75) is 76.2 Å². The number of amides is 1. The Balaban J connectivity index is 1.25. The number of halogens is 1. The van der Waals surface area contributed by atoms with Gasteiger partial charge in [0.05, 0.1) is 16.8 Å². The van der Waals surface area contributed by atoms with Crippen molar-refractivity contribution >= 4 is 28.0 Å². The van der Waals surface area contributed by atoms with Gasteiger partial charge in [0.25, 0.3) is 5.91 Å². The lowest BCUT2D eigenvalue weighted by atomic mass is 9.72. The molecule has 1 aromatic carbocycles. The Labute approximate surface area is 238 Å². The first kappa shape index (κ1) is 25.4. The molecule has 3 atom stereocenters. The number of rotatable bonds is 7. The van der Waals surface area contributed by atoms with Crippen molar-refractivity contribution in [2.24, 2.45) is 23.5 Å². The Morgan fingerprint density at radius 1 is 1.12 bits per heavy atom. The highest BCUT2D eigenvalue weighted by Crippen LogP contribution is 2.43. The van der Waals surface area contributed by atoms with Gasteiger partial charge in [0, 0.05) is 56.0 Å². The highest BCUT2D eigenvalue weighted by molar-refractivity contribution is 5.98. The van der Waals surface area contributed by atoms with Crippen LogP contribution >= 0.6 is 0 Å². The first-order valence-corrected chi connectivity index (χ1v) is 15.1. The maximum Gasteiger partial charge on any atom is 0.254 e. The lowest BCUT2D eigenvalue weighted by Crippen LogP contribution is -2.44. The average molecular weight is 557 g/mol. The van der Waals surface area contributed by atoms with Crippen LogP contribution < -0.4 is 5.73 Å². The fourth-order valence-corrected chi connectivity index (χ4v) is 7.89. The summed E-state index contributed by atoms with van der Waals surface area (Å²) in [7, 11) is 1.76. The molecule has 4 aliphatic rings. The number of ether oxygens (including phenoxy) is 1. The standard InChI is InChI=1S/C32H37FN6O2/c1-32(41-2)13-19(14-32)16-39-28-23(33)10-22(31(40)38-17-21-7-8-25(38)27(21)34)11-24(28)36-30(39)26-12-20-4-3-9-35-29(20)37(26)15-18-5-6-18/h3-4,9-12,18-19,21,25,27H,5-8,13-17,34H2,1-2H3/t19?,21-,25-,27?,32?/m1/s1. The summed E-state index contributed by atoms with van der Waals surface area (Å²) < 4.78 is 26.2. The van der Waals surface area contributed by atoms with Gasteiger partial charge in [-0.05, 0) is 93.5 Å². The number of pyridine rings is 1. The monoisotopic (exact) mass is 556 g/mol. The highest BCUT2D eigenvalue weighted by Gasteiger charge is 2.47. The number of fused-ring (bicyclic) bond motifs is 4. The molecule has 4 fully saturated rings. The quantitative estimate of drug-likeness (QED) is 0.347. The highest BCUT2D eigenvalue weighted by atomic mass is 19.1. The molecule has 4 aromatic rings. The fourth-order valence-electron chi connectivity index (χ4n) is 7.89. The van der Waals surface area contributed by atoms with Gasteiger partial charge in [0.2, 0.25) is 0 Å². The van der Waals surface area contributed by atoms with E-state index in [1.54, 1.807) is 13.2 Å². The van der Waals surface area contributed by atoms with Gasteiger partial charge in [-0.2, -0.15) is 0 Å². The number of benzene rings is 1. The minimum Gasteiger partial charge on any atom is -0.379 e. The number of nitrogens with zero attached hydrogens (tertiary/aromatic N) is 5. The molecule has 4 heterocycles. The second-order valence-corrected chi connectivity index (χ2v) is 13.2. The lowest BCUT2D eigenvalue weighted by molar-refractivity contribution is -0.0937. The number of nitrogens with two attached hydrogens (primary N) is 1. The van der Waals surface area contributed by atoms with Crippen molar-refractivity contribution in [3.63, 3.8) is 0 Å². The molecule has 3 aliphatic carbocycles. The summed E-state index contributed by atoms with van der Waals surface area (Å²) in [6.45, 7) is 4.29. The van der Waals surface area contributed by atoms with E-state index in [1.165, 1.54) is 18.9 Å². The van der Waals surface area contributed by atoms with Crippen molar-refractivity contribution < 1.29 is 13.9 Å². The molecular weight excluding hydrogens is 519 g/mol. The predicted octanol–water partition coefficient (Wildman–Crippen LogP) is 4.98. The third-order valence-corrected chi connectivity index (χ3v) is 10.4. The molecule has 1 unspecified atom stereocenters. The van der Waals surface area contributed by atoms with Crippen LogP contribution in [-0.4, -0.2) is 61.2 Å². The zero-order chi connectivity index (χ0) is 28.0. The minimum absolute atomic E-state index is 0.0144. The first-order valence-electron chi connectivity index (χ1n) is 15.1. The zero-order valence-electron chi connectivity index (χ0n) is 23.7. The molecule has 0 radical (unpaired) electrons. The van der Waals surface area contributed by atoms with E-state index < -0.39 is 5.82 Å². The molecular formula is C32H37FN6O2. The molecule has 214 valence electrons. The van der Waals surface area contributed by atoms with Gasteiger partial charge >= 0.3 is 0 Å². The molecule has 8 rings (SSSR count). The topological polar surface area (TPSA) is 91.2 Å². The molecule has 2 N–H and O–H groups in total. The maximum atomic E-state index is 16.2. The summed E-state index contributed by atoms with van der Waals surface area (Å²) in [6.07, 6.45) is 8.04. The van der Waals surface area contributed by atoms with Crippen LogP contribution in [0.1, 0.15) is 55.8 Å². The normalized spacial score (nSPS) is 29.1. The number of carbonyl (C=O) groups is 1.